The van der Waals surface area contributed by atoms with Crippen LogP contribution < -0.4 is 10.7 Å². The van der Waals surface area contributed by atoms with Gasteiger partial charge in [-0.2, -0.15) is 10.6 Å². The number of hydrazine groups is 1. The number of nitrogens with zero attached hydrogens (tertiary/aromatic N) is 2. The van der Waals surface area contributed by atoms with Crippen molar-refractivity contribution in [1.29, 1.82) is 0 Å². The number of para-hydroxylation sites is 1. The van der Waals surface area contributed by atoms with Crippen LogP contribution in [0.25, 0.3) is 0 Å². The molecule has 2 N–H and O–H groups in total. The minimum absolute atomic E-state index is 0.655. The van der Waals surface area contributed by atoms with Gasteiger partial charge < -0.3 is 0 Å². The van der Waals surface area contributed by atoms with E-state index in [0.717, 1.165) is 10.7 Å². The van der Waals surface area contributed by atoms with Gasteiger partial charge >= 0.3 is 0 Å². The molecule has 4 heteroatoms. The Morgan fingerprint density at radius 3 is 3.09 bits per heavy atom. The molecule has 0 aromatic heterocycles. The maximum atomic E-state index is 9.15. The summed E-state index contributed by atoms with van der Waals surface area (Å²) in [6.45, 7) is 0. The highest BCUT2D eigenvalue weighted by Gasteiger charge is 2.09. The van der Waals surface area contributed by atoms with Gasteiger partial charge in [0.05, 0.1) is 5.69 Å². The quantitative estimate of drug-likeness (QED) is 0.566. The molecule has 0 atom stereocenters. The number of hydrogen-bond donors (Lipinski definition) is 2. The number of rotatable bonds is 0. The third-order valence-corrected chi connectivity index (χ3v) is 1.45. The number of anilines is 1. The fourth-order valence-electron chi connectivity index (χ4n) is 0.939. The second kappa shape index (κ2) is 2.25. The number of hydrogen-bond acceptors (Lipinski definition) is 4. The Labute approximate surface area is 63.7 Å². The average Bonchev–Trinajstić information content (AvgIpc) is 2.06. The molecule has 0 spiro atoms. The van der Waals surface area contributed by atoms with E-state index in [1.807, 2.05) is 18.2 Å². The topological polar surface area (TPSA) is 47.9 Å². The van der Waals surface area contributed by atoms with E-state index in [2.05, 4.69) is 16.9 Å². The van der Waals surface area contributed by atoms with Gasteiger partial charge in [0, 0.05) is 5.56 Å². The van der Waals surface area contributed by atoms with Crippen molar-refractivity contribution in [2.75, 3.05) is 5.17 Å². The van der Waals surface area contributed by atoms with Crippen LogP contribution in [0.3, 0.4) is 0 Å². The van der Waals surface area contributed by atoms with Crippen molar-refractivity contribution in [2.24, 2.45) is 5.10 Å². The average molecular weight is 148 g/mol. The molecule has 0 saturated carbocycles. The van der Waals surface area contributed by atoms with E-state index in [9.17, 15) is 0 Å². The van der Waals surface area contributed by atoms with Crippen LogP contribution in [0.2, 0.25) is 0 Å². The highest BCUT2D eigenvalue weighted by molar-refractivity contribution is 5.88. The van der Waals surface area contributed by atoms with E-state index in [4.69, 9.17) is 5.21 Å². The molecule has 0 fully saturated rings. The van der Waals surface area contributed by atoms with E-state index in [-0.39, 0.29) is 0 Å². The van der Waals surface area contributed by atoms with Crippen LogP contribution in [0.4, 0.5) is 5.69 Å². The van der Waals surface area contributed by atoms with Crippen LogP contribution in [0, 0.1) is 0 Å². The first-order chi connectivity index (χ1) is 5.38. The van der Waals surface area contributed by atoms with Crippen LogP contribution >= 0.6 is 0 Å². The molecule has 1 aromatic carbocycles. The molecule has 4 nitrogen and oxygen atoms in total. The first-order valence-corrected chi connectivity index (χ1v) is 3.17. The summed E-state index contributed by atoms with van der Waals surface area (Å²) < 4.78 is 0. The molecule has 0 saturated heterocycles. The minimum Gasteiger partial charge on any atom is -0.268 e. The van der Waals surface area contributed by atoms with Crippen molar-refractivity contribution >= 4 is 11.9 Å². The van der Waals surface area contributed by atoms with Crippen molar-refractivity contribution in [3.05, 3.63) is 29.8 Å². The summed E-state index contributed by atoms with van der Waals surface area (Å²) >= 11 is 0. The lowest BCUT2D eigenvalue weighted by atomic mass is 10.2. The Morgan fingerprint density at radius 2 is 2.27 bits per heavy atom. The predicted molar refractivity (Wildman–Crippen MR) is 40.4 cm³/mol. The molecule has 11 heavy (non-hydrogen) atoms. The second-order valence-corrected chi connectivity index (χ2v) is 2.15. The van der Waals surface area contributed by atoms with Crippen molar-refractivity contribution < 1.29 is 5.21 Å². The molecule has 0 bridgehead atoms. The molecule has 1 aliphatic heterocycles. The van der Waals surface area contributed by atoms with Gasteiger partial charge in [0.25, 0.3) is 0 Å². The first kappa shape index (κ1) is 6.18. The molecule has 1 aromatic rings. The van der Waals surface area contributed by atoms with Gasteiger partial charge in [-0.05, 0) is 6.07 Å². The molecule has 0 amide bonds. The molecule has 1 aliphatic rings. The standard InChI is InChI=1S/C7H6N3O/c11-10-7-4-2-1-3-6(7)5-8-9-10/h1-4,9,11H. The summed E-state index contributed by atoms with van der Waals surface area (Å²) in [4.78, 5) is 0. The van der Waals surface area contributed by atoms with Crippen molar-refractivity contribution in [1.82, 2.24) is 5.53 Å². The van der Waals surface area contributed by atoms with Gasteiger partial charge in [-0.1, -0.05) is 18.2 Å². The molecule has 1 radical (unpaired) electrons. The van der Waals surface area contributed by atoms with Gasteiger partial charge in [-0.3, -0.25) is 5.21 Å². The lowest BCUT2D eigenvalue weighted by Gasteiger charge is -2.19. The van der Waals surface area contributed by atoms with Crippen LogP contribution in [0.15, 0.2) is 29.4 Å². The fraction of sp³-hybridized carbons (Fsp3) is 0. The van der Waals surface area contributed by atoms with E-state index >= 15 is 0 Å². The van der Waals surface area contributed by atoms with Crippen LogP contribution in [-0.4, -0.2) is 11.4 Å². The molecule has 0 unspecified atom stereocenters. The van der Waals surface area contributed by atoms with Crippen LogP contribution in [0.1, 0.15) is 5.56 Å². The van der Waals surface area contributed by atoms with Gasteiger partial charge in [0.1, 0.15) is 6.21 Å². The third-order valence-electron chi connectivity index (χ3n) is 1.45. The van der Waals surface area contributed by atoms with E-state index in [1.54, 1.807) is 6.07 Å². The number of benzene rings is 1. The zero-order valence-corrected chi connectivity index (χ0v) is 5.65. The summed E-state index contributed by atoms with van der Waals surface area (Å²) in [5.74, 6) is 0. The van der Waals surface area contributed by atoms with Crippen LogP contribution in [-0.2, 0) is 0 Å². The molecule has 55 valence electrons. The van der Waals surface area contributed by atoms with Crippen molar-refractivity contribution in [3.8, 4) is 0 Å². The Balaban J connectivity index is 2.54. The molecule has 2 rings (SSSR count). The summed E-state index contributed by atoms with van der Waals surface area (Å²) in [7, 11) is 0. The second-order valence-electron chi connectivity index (χ2n) is 2.15. The van der Waals surface area contributed by atoms with Crippen molar-refractivity contribution in [3.63, 3.8) is 0 Å². The smallest absolute Gasteiger partial charge is 0.123 e. The Morgan fingerprint density at radius 1 is 1.45 bits per heavy atom. The SMILES string of the molecule is ON1NN=[C]c2ccccc21. The summed E-state index contributed by atoms with van der Waals surface area (Å²) in [6, 6.07) is 7.28. The third kappa shape index (κ3) is 0.929. The number of nitrogens with one attached hydrogen (secondary N) is 1. The minimum atomic E-state index is 0.655. The maximum absolute atomic E-state index is 9.15. The zero-order valence-electron chi connectivity index (χ0n) is 5.65. The van der Waals surface area contributed by atoms with Crippen molar-refractivity contribution in [2.45, 2.75) is 0 Å². The largest absolute Gasteiger partial charge is 0.268 e. The summed E-state index contributed by atoms with van der Waals surface area (Å²) in [5.41, 5.74) is 3.77. The van der Waals surface area contributed by atoms with Gasteiger partial charge in [0.15, 0.2) is 0 Å². The van der Waals surface area contributed by atoms with Gasteiger partial charge in [0.2, 0.25) is 0 Å². The highest BCUT2D eigenvalue weighted by Crippen LogP contribution is 2.17. The summed E-state index contributed by atoms with van der Waals surface area (Å²) in [5, 5.41) is 13.6. The molecular weight excluding hydrogens is 142 g/mol. The fourth-order valence-corrected chi connectivity index (χ4v) is 0.939. The molecule has 1 heterocycles. The Bertz CT molecular complexity index is 297. The Kier molecular flexibility index (Phi) is 1.26. The molecule has 0 aliphatic carbocycles. The number of fused-ring (bicyclic) bond motifs is 1. The predicted octanol–water partition coefficient (Wildman–Crippen LogP) is 0.611. The van der Waals surface area contributed by atoms with Crippen LogP contribution in [0.5, 0.6) is 0 Å². The zero-order chi connectivity index (χ0) is 7.68. The van der Waals surface area contributed by atoms with E-state index in [0.29, 0.717) is 5.69 Å². The van der Waals surface area contributed by atoms with Gasteiger partial charge in [-0.15, -0.1) is 5.17 Å². The lowest BCUT2D eigenvalue weighted by Crippen LogP contribution is -2.34. The summed E-state index contributed by atoms with van der Waals surface area (Å²) in [6.07, 6.45) is 2.71. The number of hydrazone groups is 1. The lowest BCUT2D eigenvalue weighted by molar-refractivity contribution is 0.212. The highest BCUT2D eigenvalue weighted by atomic mass is 16.5. The van der Waals surface area contributed by atoms with E-state index < -0.39 is 0 Å². The Hall–Kier alpha value is -1.55. The monoisotopic (exact) mass is 148 g/mol. The first-order valence-electron chi connectivity index (χ1n) is 3.17. The normalized spacial score (nSPS) is 14.1. The van der Waals surface area contributed by atoms with Gasteiger partial charge in [-0.25, -0.2) is 0 Å². The molecular formula is C7H6N3O. The van der Waals surface area contributed by atoms with E-state index in [1.165, 1.54) is 0 Å². The maximum Gasteiger partial charge on any atom is 0.123 e.